The normalized spacial score (nSPS) is 12.3. The van der Waals surface area contributed by atoms with Gasteiger partial charge in [-0.05, 0) is 119 Å². The van der Waals surface area contributed by atoms with Crippen molar-refractivity contribution < 1.29 is 5.11 Å². The summed E-state index contributed by atoms with van der Waals surface area (Å²) in [6.45, 7) is 19.9. The highest BCUT2D eigenvalue weighted by atomic mass is 32.1. The van der Waals surface area contributed by atoms with Gasteiger partial charge in [-0.1, -0.05) is 95.1 Å². The van der Waals surface area contributed by atoms with Crippen LogP contribution in [0.25, 0.3) is 65.1 Å². The number of benzene rings is 5. The third-order valence-corrected chi connectivity index (χ3v) is 10.6. The van der Waals surface area contributed by atoms with Crippen LogP contribution in [0, 0.1) is 20.8 Å². The molecule has 7 rings (SSSR count). The Kier molecular flexibility index (Phi) is 7.99. The van der Waals surface area contributed by atoms with Gasteiger partial charge in [-0.3, -0.25) is 4.98 Å². The summed E-state index contributed by atoms with van der Waals surface area (Å²) in [7, 11) is 0. The Bertz CT molecular complexity index is 2380. The van der Waals surface area contributed by atoms with E-state index in [1.54, 1.807) is 17.4 Å². The SMILES string of the molecule is Cc1cc(C)cc(-c2cc(-c3cccc(-c4cc(C(C)(C)C)cc5c(C)ccnc45)c3)c3nc(-c4cc(C(C)(C)C)ccc4O)sc3c2)c1. The number of phenols is 1. The van der Waals surface area contributed by atoms with Crippen LogP contribution in [0.1, 0.15) is 69.4 Å². The summed E-state index contributed by atoms with van der Waals surface area (Å²) >= 11 is 1.64. The van der Waals surface area contributed by atoms with Gasteiger partial charge in [0, 0.05) is 22.7 Å². The molecule has 246 valence electrons. The van der Waals surface area contributed by atoms with Gasteiger partial charge in [0.15, 0.2) is 0 Å². The first-order valence-electron chi connectivity index (χ1n) is 17.0. The Labute approximate surface area is 294 Å². The standard InChI is InChI=1S/C45H44N2OS/c1-26-17-27(2)19-31(18-26)32-21-36(42-40(22-32)49-43(47-42)38-23-33(44(4,5)6)13-14-39(38)48)29-11-10-12-30(20-29)37-25-34(45(7,8)9)24-35-28(3)15-16-46-41(35)37/h10-25,48H,1-9H3. The number of aryl methyl sites for hydroxylation is 3. The minimum atomic E-state index is -0.0528. The first-order valence-corrected chi connectivity index (χ1v) is 17.9. The Morgan fingerprint density at radius 3 is 1.88 bits per heavy atom. The molecular weight excluding hydrogens is 617 g/mol. The van der Waals surface area contributed by atoms with E-state index in [-0.39, 0.29) is 16.6 Å². The molecule has 0 atom stereocenters. The van der Waals surface area contributed by atoms with Crippen molar-refractivity contribution in [2.75, 3.05) is 0 Å². The number of aromatic hydroxyl groups is 1. The molecule has 0 amide bonds. The van der Waals surface area contributed by atoms with Crippen LogP contribution >= 0.6 is 11.3 Å². The fraction of sp³-hybridized carbons (Fsp3) is 0.244. The summed E-state index contributed by atoms with van der Waals surface area (Å²) in [5.41, 5.74) is 15.6. The maximum absolute atomic E-state index is 11.1. The van der Waals surface area contributed by atoms with E-state index in [4.69, 9.17) is 9.97 Å². The number of nitrogens with zero attached hydrogens (tertiary/aromatic N) is 2. The van der Waals surface area contributed by atoms with Crippen LogP contribution in [0.3, 0.4) is 0 Å². The van der Waals surface area contributed by atoms with Crippen molar-refractivity contribution in [2.24, 2.45) is 0 Å². The highest BCUT2D eigenvalue weighted by Gasteiger charge is 2.22. The predicted octanol–water partition coefficient (Wildman–Crippen LogP) is 12.7. The first kappa shape index (κ1) is 32.7. The number of hydrogen-bond donors (Lipinski definition) is 1. The predicted molar refractivity (Wildman–Crippen MR) is 210 cm³/mol. The highest BCUT2D eigenvalue weighted by Crippen LogP contribution is 2.44. The zero-order valence-electron chi connectivity index (χ0n) is 30.0. The van der Waals surface area contributed by atoms with Gasteiger partial charge in [-0.25, -0.2) is 4.98 Å². The summed E-state index contributed by atoms with van der Waals surface area (Å²) in [5, 5.41) is 13.1. The molecule has 4 heteroatoms. The van der Waals surface area contributed by atoms with E-state index >= 15 is 0 Å². The molecule has 0 aliphatic heterocycles. The van der Waals surface area contributed by atoms with Crippen molar-refractivity contribution in [3.63, 3.8) is 0 Å². The molecule has 49 heavy (non-hydrogen) atoms. The van der Waals surface area contributed by atoms with E-state index in [0.29, 0.717) is 0 Å². The molecule has 0 saturated carbocycles. The summed E-state index contributed by atoms with van der Waals surface area (Å²) in [6.07, 6.45) is 1.92. The van der Waals surface area contributed by atoms with Crippen LogP contribution in [-0.2, 0) is 10.8 Å². The number of phenolic OH excluding ortho intramolecular Hbond substituents is 1. The number of hydrogen-bond acceptors (Lipinski definition) is 4. The van der Waals surface area contributed by atoms with E-state index in [9.17, 15) is 5.11 Å². The molecular formula is C45H44N2OS. The van der Waals surface area contributed by atoms with E-state index < -0.39 is 0 Å². The summed E-state index contributed by atoms with van der Waals surface area (Å²) in [6, 6.07) is 32.7. The summed E-state index contributed by atoms with van der Waals surface area (Å²) < 4.78 is 1.09. The zero-order chi connectivity index (χ0) is 34.8. The van der Waals surface area contributed by atoms with E-state index in [1.807, 2.05) is 12.3 Å². The second-order valence-corrected chi connectivity index (χ2v) is 16.7. The monoisotopic (exact) mass is 660 g/mol. The molecule has 7 aromatic rings. The average molecular weight is 661 g/mol. The molecule has 0 spiro atoms. The topological polar surface area (TPSA) is 46.0 Å². The van der Waals surface area contributed by atoms with Gasteiger partial charge in [-0.15, -0.1) is 11.3 Å². The van der Waals surface area contributed by atoms with Crippen molar-refractivity contribution in [3.8, 4) is 49.7 Å². The first-order chi connectivity index (χ1) is 23.2. The van der Waals surface area contributed by atoms with Crippen LogP contribution in [0.15, 0.2) is 97.2 Å². The molecule has 0 aliphatic rings. The Morgan fingerprint density at radius 1 is 0.571 bits per heavy atom. The van der Waals surface area contributed by atoms with Gasteiger partial charge in [-0.2, -0.15) is 0 Å². The fourth-order valence-electron chi connectivity index (χ4n) is 6.74. The molecule has 3 nitrogen and oxygen atoms in total. The zero-order valence-corrected chi connectivity index (χ0v) is 30.8. The average Bonchev–Trinajstić information content (AvgIpc) is 3.47. The Hall–Kier alpha value is -4.80. The highest BCUT2D eigenvalue weighted by molar-refractivity contribution is 7.21. The quantitative estimate of drug-likeness (QED) is 0.204. The molecule has 1 N–H and O–H groups in total. The van der Waals surface area contributed by atoms with Crippen LogP contribution in [0.2, 0.25) is 0 Å². The van der Waals surface area contributed by atoms with Crippen LogP contribution < -0.4 is 0 Å². The summed E-state index contributed by atoms with van der Waals surface area (Å²) in [5.74, 6) is 0.249. The maximum atomic E-state index is 11.1. The van der Waals surface area contributed by atoms with Gasteiger partial charge in [0.1, 0.15) is 10.8 Å². The minimum absolute atomic E-state index is 0.0118. The van der Waals surface area contributed by atoms with Gasteiger partial charge in [0.2, 0.25) is 0 Å². The molecule has 0 unspecified atom stereocenters. The Morgan fingerprint density at radius 2 is 1.20 bits per heavy atom. The van der Waals surface area contributed by atoms with Crippen molar-refractivity contribution in [1.29, 1.82) is 0 Å². The lowest BCUT2D eigenvalue weighted by molar-refractivity contribution is 0.476. The molecule has 0 saturated heterocycles. The van der Waals surface area contributed by atoms with Gasteiger partial charge in [0.05, 0.1) is 21.3 Å². The molecule has 0 fully saturated rings. The number of rotatable bonds is 4. The van der Waals surface area contributed by atoms with Crippen molar-refractivity contribution >= 4 is 32.5 Å². The third-order valence-electron chi connectivity index (χ3n) is 9.56. The van der Waals surface area contributed by atoms with Crippen molar-refractivity contribution in [2.45, 2.75) is 73.1 Å². The number of fused-ring (bicyclic) bond motifs is 2. The molecule has 2 aromatic heterocycles. The van der Waals surface area contributed by atoms with Crippen LogP contribution in [-0.4, -0.2) is 15.1 Å². The lowest BCUT2D eigenvalue weighted by atomic mass is 9.83. The second-order valence-electron chi connectivity index (χ2n) is 15.6. The second kappa shape index (κ2) is 12.0. The Balaban J connectivity index is 1.48. The lowest BCUT2D eigenvalue weighted by Crippen LogP contribution is -2.11. The maximum Gasteiger partial charge on any atom is 0.128 e. The van der Waals surface area contributed by atoms with E-state index in [1.165, 1.54) is 33.2 Å². The van der Waals surface area contributed by atoms with E-state index in [2.05, 4.69) is 141 Å². The molecule has 5 aromatic carbocycles. The summed E-state index contributed by atoms with van der Waals surface area (Å²) in [4.78, 5) is 10.2. The van der Waals surface area contributed by atoms with Crippen molar-refractivity contribution in [1.82, 2.24) is 9.97 Å². The van der Waals surface area contributed by atoms with Crippen LogP contribution in [0.4, 0.5) is 0 Å². The minimum Gasteiger partial charge on any atom is -0.507 e. The number of thiazole rings is 1. The fourth-order valence-corrected chi connectivity index (χ4v) is 7.80. The third kappa shape index (κ3) is 6.26. The van der Waals surface area contributed by atoms with Crippen LogP contribution in [0.5, 0.6) is 5.75 Å². The van der Waals surface area contributed by atoms with Crippen molar-refractivity contribution in [3.05, 3.63) is 125 Å². The molecule has 2 heterocycles. The number of aromatic nitrogens is 2. The molecule has 0 radical (unpaired) electrons. The number of pyridine rings is 1. The van der Waals surface area contributed by atoms with Gasteiger partial charge in [0.25, 0.3) is 0 Å². The lowest BCUT2D eigenvalue weighted by Gasteiger charge is -2.22. The molecule has 0 bridgehead atoms. The molecule has 0 aliphatic carbocycles. The van der Waals surface area contributed by atoms with Gasteiger partial charge < -0.3 is 5.11 Å². The van der Waals surface area contributed by atoms with Gasteiger partial charge >= 0.3 is 0 Å². The van der Waals surface area contributed by atoms with E-state index in [0.717, 1.165) is 59.7 Å². The largest absolute Gasteiger partial charge is 0.507 e. The smallest absolute Gasteiger partial charge is 0.128 e.